The van der Waals surface area contributed by atoms with Gasteiger partial charge in [0.25, 0.3) is 5.56 Å². The van der Waals surface area contributed by atoms with Gasteiger partial charge in [0, 0.05) is 24.0 Å². The first-order valence-electron chi connectivity index (χ1n) is 12.8. The molecule has 0 amide bonds. The lowest BCUT2D eigenvalue weighted by molar-refractivity contribution is -0.149. The van der Waals surface area contributed by atoms with Crippen molar-refractivity contribution in [3.63, 3.8) is 0 Å². The zero-order valence-corrected chi connectivity index (χ0v) is 20.8. The molecule has 1 unspecified atom stereocenters. The Kier molecular flexibility index (Phi) is 6.69. The quantitative estimate of drug-likeness (QED) is 0.540. The average Bonchev–Trinajstić information content (AvgIpc) is 3.55. The van der Waals surface area contributed by atoms with Gasteiger partial charge in [0.1, 0.15) is 6.04 Å². The minimum atomic E-state index is -0.387. The van der Waals surface area contributed by atoms with E-state index >= 15 is 0 Å². The largest absolute Gasteiger partial charge is 0.466 e. The number of carbonyl (C=O) groups excluding carboxylic acids is 1. The van der Waals surface area contributed by atoms with E-state index in [1.54, 1.807) is 0 Å². The maximum Gasteiger partial charge on any atom is 0.309 e. The van der Waals surface area contributed by atoms with Crippen molar-refractivity contribution in [3.05, 3.63) is 51.1 Å². The first-order chi connectivity index (χ1) is 17.0. The number of esters is 1. The minimum absolute atomic E-state index is 0.113. The number of H-pyrrole nitrogens is 1. The van der Waals surface area contributed by atoms with E-state index in [0.29, 0.717) is 43.9 Å². The highest BCUT2D eigenvalue weighted by molar-refractivity contribution is 5.85. The van der Waals surface area contributed by atoms with Gasteiger partial charge in [-0.05, 0) is 74.1 Å². The van der Waals surface area contributed by atoms with Crippen LogP contribution in [0.3, 0.4) is 0 Å². The summed E-state index contributed by atoms with van der Waals surface area (Å²) in [6.45, 7) is 7.62. The molecule has 3 aromatic rings. The maximum atomic E-state index is 13.5. The van der Waals surface area contributed by atoms with Crippen LogP contribution in [0.4, 0.5) is 0 Å². The third-order valence-corrected chi connectivity index (χ3v) is 7.72. The number of nitrogens with zero attached hydrogens (tertiary/aromatic N) is 5. The van der Waals surface area contributed by atoms with E-state index in [1.807, 2.05) is 30.7 Å². The van der Waals surface area contributed by atoms with Crippen molar-refractivity contribution in [2.24, 2.45) is 5.92 Å². The minimum Gasteiger partial charge on any atom is -0.466 e. The van der Waals surface area contributed by atoms with E-state index in [9.17, 15) is 9.59 Å². The van der Waals surface area contributed by atoms with Crippen LogP contribution < -0.4 is 5.56 Å². The summed E-state index contributed by atoms with van der Waals surface area (Å²) in [7, 11) is 0. The summed E-state index contributed by atoms with van der Waals surface area (Å²) in [5.41, 5.74) is 3.54. The number of hydrogen-bond acceptors (Lipinski definition) is 7. The summed E-state index contributed by atoms with van der Waals surface area (Å²) in [6, 6.07) is 6.00. The molecule has 2 fully saturated rings. The topological polar surface area (TPSA) is 106 Å². The predicted octanol–water partition coefficient (Wildman–Crippen LogP) is 3.61. The Morgan fingerprint density at radius 2 is 1.86 bits per heavy atom. The Hall–Kier alpha value is -3.07. The van der Waals surface area contributed by atoms with Crippen LogP contribution >= 0.6 is 0 Å². The number of pyridine rings is 1. The summed E-state index contributed by atoms with van der Waals surface area (Å²) >= 11 is 0. The molecule has 35 heavy (non-hydrogen) atoms. The fraction of sp³-hybridized carbons (Fsp3) is 0.577. The third kappa shape index (κ3) is 4.49. The lowest BCUT2D eigenvalue weighted by Gasteiger charge is -2.36. The van der Waals surface area contributed by atoms with Crippen molar-refractivity contribution in [2.45, 2.75) is 71.4 Å². The average molecular weight is 479 g/mol. The van der Waals surface area contributed by atoms with Crippen molar-refractivity contribution in [1.82, 2.24) is 30.1 Å². The van der Waals surface area contributed by atoms with Gasteiger partial charge in [0.05, 0.1) is 24.1 Å². The molecule has 9 nitrogen and oxygen atoms in total. The van der Waals surface area contributed by atoms with Crippen molar-refractivity contribution in [1.29, 1.82) is 0 Å². The number of likely N-dealkylation sites (tertiary alicyclic amines) is 1. The summed E-state index contributed by atoms with van der Waals surface area (Å²) in [5.74, 6) is 0.466. The predicted molar refractivity (Wildman–Crippen MR) is 132 cm³/mol. The van der Waals surface area contributed by atoms with Gasteiger partial charge >= 0.3 is 5.97 Å². The third-order valence-electron chi connectivity index (χ3n) is 7.72. The summed E-state index contributed by atoms with van der Waals surface area (Å²) in [4.78, 5) is 31.3. The molecule has 5 rings (SSSR count). The molecule has 3 heterocycles. The van der Waals surface area contributed by atoms with Crippen LogP contribution in [0.2, 0.25) is 0 Å². The molecular weight excluding hydrogens is 444 g/mol. The van der Waals surface area contributed by atoms with E-state index in [-0.39, 0.29) is 29.5 Å². The molecule has 186 valence electrons. The van der Waals surface area contributed by atoms with Crippen LogP contribution in [0.25, 0.3) is 10.9 Å². The number of benzene rings is 1. The second-order valence-corrected chi connectivity index (χ2v) is 9.93. The van der Waals surface area contributed by atoms with Gasteiger partial charge in [-0.25, -0.2) is 4.68 Å². The Balaban J connectivity index is 1.58. The first kappa shape index (κ1) is 23.7. The van der Waals surface area contributed by atoms with Crippen LogP contribution in [0.1, 0.15) is 80.0 Å². The Morgan fingerprint density at radius 1 is 1.14 bits per heavy atom. The van der Waals surface area contributed by atoms with Crippen molar-refractivity contribution in [3.8, 4) is 0 Å². The van der Waals surface area contributed by atoms with Gasteiger partial charge in [-0.15, -0.1) is 5.10 Å². The number of aryl methyl sites for hydroxylation is 2. The number of piperidine rings is 1. The van der Waals surface area contributed by atoms with Crippen LogP contribution in [-0.2, 0) is 9.53 Å². The fourth-order valence-corrected chi connectivity index (χ4v) is 5.74. The molecular formula is C26H34N6O3. The van der Waals surface area contributed by atoms with Crippen LogP contribution in [0.15, 0.2) is 23.0 Å². The number of nitrogens with one attached hydrogen (secondary N) is 1. The fourth-order valence-electron chi connectivity index (χ4n) is 5.74. The number of rotatable bonds is 6. The SMILES string of the molecule is CCOC(=O)C1CCN(C(c2cc3c(C)ccc(C)c3[nH]c2=O)c2nnnn2C2CCCC2)CC1. The zero-order valence-electron chi connectivity index (χ0n) is 20.8. The standard InChI is InChI=1S/C26H34N6O3/c1-4-35-26(34)18-11-13-31(14-12-18)23(24-28-29-30-32(24)19-7-5-6-8-19)21-15-20-16(2)9-10-17(3)22(20)27-25(21)33/h9-10,15,18-19,23H,4-8,11-14H2,1-3H3,(H,27,33). The van der Waals surface area contributed by atoms with Gasteiger partial charge in [0.2, 0.25) is 0 Å². The van der Waals surface area contributed by atoms with Crippen LogP contribution in [0, 0.1) is 19.8 Å². The number of aromatic amines is 1. The molecule has 1 N–H and O–H groups in total. The highest BCUT2D eigenvalue weighted by Gasteiger charge is 2.36. The molecule has 1 saturated heterocycles. The summed E-state index contributed by atoms with van der Waals surface area (Å²) in [6.07, 6.45) is 5.78. The number of tetrazole rings is 1. The number of aromatic nitrogens is 5. The van der Waals surface area contributed by atoms with Gasteiger partial charge in [-0.2, -0.15) is 0 Å². The smallest absolute Gasteiger partial charge is 0.309 e. The second kappa shape index (κ2) is 9.89. The normalized spacial score (nSPS) is 18.8. The molecule has 9 heteroatoms. The highest BCUT2D eigenvalue weighted by atomic mass is 16.5. The monoisotopic (exact) mass is 478 g/mol. The molecule has 0 spiro atoms. The lowest BCUT2D eigenvalue weighted by Crippen LogP contribution is -2.42. The van der Waals surface area contributed by atoms with E-state index in [2.05, 4.69) is 38.4 Å². The highest BCUT2D eigenvalue weighted by Crippen LogP contribution is 2.36. The van der Waals surface area contributed by atoms with Crippen molar-refractivity contribution in [2.75, 3.05) is 19.7 Å². The molecule has 1 aromatic carbocycles. The van der Waals surface area contributed by atoms with E-state index in [0.717, 1.165) is 47.7 Å². The molecule has 2 aliphatic rings. The van der Waals surface area contributed by atoms with E-state index in [4.69, 9.17) is 4.74 Å². The van der Waals surface area contributed by atoms with Crippen molar-refractivity contribution >= 4 is 16.9 Å². The molecule has 0 bridgehead atoms. The summed E-state index contributed by atoms with van der Waals surface area (Å²) in [5, 5.41) is 13.9. The van der Waals surface area contributed by atoms with Crippen LogP contribution in [-0.4, -0.2) is 55.8 Å². The van der Waals surface area contributed by atoms with Gasteiger partial charge in [-0.3, -0.25) is 14.5 Å². The number of hydrogen-bond donors (Lipinski definition) is 1. The Morgan fingerprint density at radius 3 is 2.57 bits per heavy atom. The molecule has 1 saturated carbocycles. The number of carbonyl (C=O) groups is 1. The van der Waals surface area contributed by atoms with Gasteiger partial charge in [0.15, 0.2) is 5.82 Å². The van der Waals surface area contributed by atoms with E-state index in [1.165, 1.54) is 0 Å². The van der Waals surface area contributed by atoms with Crippen molar-refractivity contribution < 1.29 is 9.53 Å². The van der Waals surface area contributed by atoms with Gasteiger partial charge in [-0.1, -0.05) is 25.0 Å². The molecule has 1 aliphatic heterocycles. The van der Waals surface area contributed by atoms with Gasteiger partial charge < -0.3 is 9.72 Å². The lowest BCUT2D eigenvalue weighted by atomic mass is 9.93. The number of fused-ring (bicyclic) bond motifs is 1. The zero-order chi connectivity index (χ0) is 24.5. The molecule has 1 aliphatic carbocycles. The van der Waals surface area contributed by atoms with Crippen LogP contribution in [0.5, 0.6) is 0 Å². The summed E-state index contributed by atoms with van der Waals surface area (Å²) < 4.78 is 7.21. The van der Waals surface area contributed by atoms with E-state index < -0.39 is 0 Å². The molecule has 1 atom stereocenters. The molecule has 0 radical (unpaired) electrons. The Labute approximate surface area is 204 Å². The maximum absolute atomic E-state index is 13.5. The number of ether oxygens (including phenoxy) is 1. The first-order valence-corrected chi connectivity index (χ1v) is 12.8. The Bertz CT molecular complexity index is 1270. The second-order valence-electron chi connectivity index (χ2n) is 9.93. The molecule has 2 aromatic heterocycles.